The van der Waals surface area contributed by atoms with Crippen molar-refractivity contribution in [1.29, 1.82) is 0 Å². The SMILES string of the molecule is C#CC#CC#CC#CC#CC#CC#CC#CC#CC#CC#C[N+]1=C(/C=C/C=C/C=C/C=C2\N(CCC)c3ccccc3C2(C)C)C(C)(C)c2ccccc21. The van der Waals surface area contributed by atoms with E-state index >= 15 is 0 Å². The number of allylic oxidation sites excluding steroid dienone is 8. The van der Waals surface area contributed by atoms with Crippen LogP contribution in [0.2, 0.25) is 0 Å². The van der Waals surface area contributed by atoms with Crippen molar-refractivity contribution in [3.05, 3.63) is 108 Å². The molecular weight excluding hydrogens is 653 g/mol. The fourth-order valence-corrected chi connectivity index (χ4v) is 5.89. The standard InChI is InChI=1S/C52H35N2/c1-7-9-10-11-12-13-14-15-16-17-18-19-20-21-22-23-24-25-29-36-44-54-48-40-35-33-38-46(48)52(5,6)50(54)42-31-28-26-27-30-41-49-51(3,4)45-37-32-34-39-47(45)53(49)43-8-2/h1,26-28,30-35,37-42H,8,43H2,2-6H3/q+1. The van der Waals surface area contributed by atoms with Gasteiger partial charge in [0.1, 0.15) is 0 Å². The van der Waals surface area contributed by atoms with Gasteiger partial charge in [-0.1, -0.05) is 87.5 Å². The Morgan fingerprint density at radius 1 is 0.574 bits per heavy atom. The Hall–Kier alpha value is -7.97. The van der Waals surface area contributed by atoms with Crippen molar-refractivity contribution in [2.45, 2.75) is 51.9 Å². The minimum Gasteiger partial charge on any atom is -0.344 e. The average Bonchev–Trinajstić information content (AvgIpc) is 3.52. The molecule has 0 atom stereocenters. The molecule has 0 saturated heterocycles. The molecule has 252 valence electrons. The lowest BCUT2D eigenvalue weighted by molar-refractivity contribution is -0.332. The monoisotopic (exact) mass is 687 g/mol. The van der Waals surface area contributed by atoms with Gasteiger partial charge < -0.3 is 4.90 Å². The molecule has 2 aromatic carbocycles. The number of anilines is 1. The van der Waals surface area contributed by atoms with Crippen molar-refractivity contribution in [2.24, 2.45) is 0 Å². The van der Waals surface area contributed by atoms with Crippen LogP contribution in [0.15, 0.2) is 96.8 Å². The van der Waals surface area contributed by atoms with Crippen LogP contribution in [-0.2, 0) is 10.8 Å². The third-order valence-corrected chi connectivity index (χ3v) is 8.26. The predicted octanol–water partition coefficient (Wildman–Crippen LogP) is 7.45. The highest BCUT2D eigenvalue weighted by Gasteiger charge is 2.44. The summed E-state index contributed by atoms with van der Waals surface area (Å²) < 4.78 is 2.00. The molecule has 0 N–H and O–H groups in total. The summed E-state index contributed by atoms with van der Waals surface area (Å²) in [5.41, 5.74) is 7.00. The first-order valence-electron chi connectivity index (χ1n) is 17.2. The van der Waals surface area contributed by atoms with Gasteiger partial charge in [0.05, 0.1) is 11.3 Å². The molecule has 4 rings (SSSR count). The number of para-hydroxylation sites is 2. The van der Waals surface area contributed by atoms with Crippen molar-refractivity contribution in [2.75, 3.05) is 11.4 Å². The van der Waals surface area contributed by atoms with Gasteiger partial charge in [0.2, 0.25) is 17.4 Å². The van der Waals surface area contributed by atoms with Gasteiger partial charge in [-0.15, -0.1) is 11.0 Å². The minimum atomic E-state index is -0.246. The number of hydrogen-bond acceptors (Lipinski definition) is 1. The van der Waals surface area contributed by atoms with E-state index in [1.165, 1.54) is 22.5 Å². The maximum Gasteiger partial charge on any atom is 0.243 e. The molecule has 2 aromatic rings. The Kier molecular flexibility index (Phi) is 14.4. The van der Waals surface area contributed by atoms with Crippen LogP contribution in [0.3, 0.4) is 0 Å². The van der Waals surface area contributed by atoms with E-state index in [4.69, 9.17) is 6.42 Å². The van der Waals surface area contributed by atoms with E-state index in [-0.39, 0.29) is 10.8 Å². The quantitative estimate of drug-likeness (QED) is 0.174. The molecule has 2 heterocycles. The summed E-state index contributed by atoms with van der Waals surface area (Å²) in [7, 11) is 0. The van der Waals surface area contributed by atoms with Gasteiger partial charge in [-0.25, -0.2) is 0 Å². The summed E-state index contributed by atoms with van der Waals surface area (Å²) >= 11 is 0. The summed E-state index contributed by atoms with van der Waals surface area (Å²) in [5, 5.41) is 0. The summed E-state index contributed by atoms with van der Waals surface area (Å²) in [6.07, 6.45) is 20.8. The average molecular weight is 688 g/mol. The van der Waals surface area contributed by atoms with Gasteiger partial charge in [0.15, 0.2) is 0 Å². The molecule has 0 aliphatic carbocycles. The molecular formula is C52H35N2+. The maximum atomic E-state index is 4.98. The zero-order chi connectivity index (χ0) is 38.5. The molecule has 0 radical (unpaired) electrons. The molecule has 0 amide bonds. The molecule has 54 heavy (non-hydrogen) atoms. The van der Waals surface area contributed by atoms with E-state index in [0.717, 1.165) is 24.4 Å². The van der Waals surface area contributed by atoms with Gasteiger partial charge in [-0.2, -0.15) is 0 Å². The van der Waals surface area contributed by atoms with Gasteiger partial charge in [-0.05, 0) is 85.3 Å². The first-order valence-corrected chi connectivity index (χ1v) is 17.2. The van der Waals surface area contributed by atoms with Crippen LogP contribution in [0.4, 0.5) is 11.4 Å². The van der Waals surface area contributed by atoms with Gasteiger partial charge in [0, 0.05) is 106 Å². The zero-order valence-electron chi connectivity index (χ0n) is 31.0. The fourth-order valence-electron chi connectivity index (χ4n) is 5.89. The first-order chi connectivity index (χ1) is 26.3. The van der Waals surface area contributed by atoms with Gasteiger partial charge in [-0.3, -0.25) is 0 Å². The van der Waals surface area contributed by atoms with E-state index in [1.807, 2.05) is 16.7 Å². The Morgan fingerprint density at radius 2 is 1.06 bits per heavy atom. The highest BCUT2D eigenvalue weighted by Crippen LogP contribution is 2.47. The fraction of sp³-hybridized carbons (Fsp3) is 0.173. The number of nitrogens with zero attached hydrogens (tertiary/aromatic N) is 2. The van der Waals surface area contributed by atoms with Crippen LogP contribution in [0.5, 0.6) is 0 Å². The predicted molar refractivity (Wildman–Crippen MR) is 224 cm³/mol. The highest BCUT2D eigenvalue weighted by molar-refractivity contribution is 6.03. The second-order valence-electron chi connectivity index (χ2n) is 12.5. The number of benzene rings is 2. The Labute approximate surface area is 322 Å². The molecule has 0 fully saturated rings. The molecule has 2 aliphatic heterocycles. The van der Waals surface area contributed by atoms with Crippen molar-refractivity contribution in [3.63, 3.8) is 0 Å². The largest absolute Gasteiger partial charge is 0.344 e. The normalized spacial score (nSPS) is 13.8. The minimum absolute atomic E-state index is 0.0496. The van der Waals surface area contributed by atoms with Crippen molar-refractivity contribution in [1.82, 2.24) is 0 Å². The number of fused-ring (bicyclic) bond motifs is 2. The van der Waals surface area contributed by atoms with Crippen LogP contribution in [-0.4, -0.2) is 16.8 Å². The molecule has 2 aliphatic rings. The van der Waals surface area contributed by atoms with Crippen LogP contribution >= 0.6 is 0 Å². The van der Waals surface area contributed by atoms with Crippen molar-refractivity contribution < 1.29 is 4.58 Å². The van der Waals surface area contributed by atoms with Crippen LogP contribution < -0.4 is 4.90 Å². The summed E-state index contributed by atoms with van der Waals surface area (Å²) in [4.78, 5) is 2.45. The lowest BCUT2D eigenvalue weighted by Gasteiger charge is -2.26. The Balaban J connectivity index is 1.42. The van der Waals surface area contributed by atoms with Crippen LogP contribution in [0, 0.1) is 131 Å². The van der Waals surface area contributed by atoms with E-state index in [1.54, 1.807) is 0 Å². The zero-order valence-corrected chi connectivity index (χ0v) is 31.0. The van der Waals surface area contributed by atoms with E-state index in [9.17, 15) is 0 Å². The third-order valence-electron chi connectivity index (χ3n) is 8.26. The number of rotatable bonds is 6. The highest BCUT2D eigenvalue weighted by atomic mass is 15.2. The third kappa shape index (κ3) is 10.3. The Bertz CT molecular complexity index is 2680. The summed E-state index contributed by atoms with van der Waals surface area (Å²) in [6, 6.07) is 20.2. The summed E-state index contributed by atoms with van der Waals surface area (Å²) in [6.45, 7) is 12.2. The lowest BCUT2D eigenvalue weighted by atomic mass is 9.81. The summed E-state index contributed by atoms with van der Waals surface area (Å²) in [5.74, 6) is 51.3. The smallest absolute Gasteiger partial charge is 0.243 e. The van der Waals surface area contributed by atoms with E-state index in [0.29, 0.717) is 0 Å². The molecule has 0 aromatic heterocycles. The van der Waals surface area contributed by atoms with Crippen LogP contribution in [0.1, 0.15) is 52.2 Å². The number of hydrogen-bond donors (Lipinski definition) is 0. The number of terminal acetylenes is 1. The van der Waals surface area contributed by atoms with Crippen molar-refractivity contribution in [3.8, 4) is 131 Å². The lowest BCUT2D eigenvalue weighted by Crippen LogP contribution is -2.26. The second-order valence-corrected chi connectivity index (χ2v) is 12.5. The van der Waals surface area contributed by atoms with Gasteiger partial charge in [0.25, 0.3) is 0 Å². The molecule has 0 unspecified atom stereocenters. The second kappa shape index (κ2) is 20.0. The van der Waals surface area contributed by atoms with E-state index < -0.39 is 0 Å². The van der Waals surface area contributed by atoms with Gasteiger partial charge >= 0.3 is 0 Å². The topological polar surface area (TPSA) is 6.25 Å². The molecule has 0 bridgehead atoms. The first kappa shape index (κ1) is 38.8. The molecule has 0 saturated carbocycles. The van der Waals surface area contributed by atoms with Crippen LogP contribution in [0.25, 0.3) is 0 Å². The molecule has 2 heteroatoms. The van der Waals surface area contributed by atoms with Crippen molar-refractivity contribution >= 4 is 17.1 Å². The molecule has 0 spiro atoms. The van der Waals surface area contributed by atoms with E-state index in [2.05, 4.69) is 243 Å². The molecule has 2 nitrogen and oxygen atoms in total. The Morgan fingerprint density at radius 3 is 1.63 bits per heavy atom. The maximum absolute atomic E-state index is 4.98.